The van der Waals surface area contributed by atoms with E-state index in [1.165, 1.54) is 0 Å². The molecule has 9 nitrogen and oxygen atoms in total. The van der Waals surface area contributed by atoms with Gasteiger partial charge in [-0.05, 0) is 0 Å². The summed E-state index contributed by atoms with van der Waals surface area (Å²) < 4.78 is 3.94. The molecule has 0 spiro atoms. The van der Waals surface area contributed by atoms with Gasteiger partial charge in [-0.2, -0.15) is 15.0 Å². The van der Waals surface area contributed by atoms with Crippen LogP contribution in [0.15, 0.2) is 0 Å². The van der Waals surface area contributed by atoms with Crippen LogP contribution in [0.5, 0.6) is 0 Å². The Hall–Kier alpha value is -1.71. The van der Waals surface area contributed by atoms with Gasteiger partial charge in [0.25, 0.3) is 0 Å². The molecule has 0 aliphatic carbocycles. The normalized spacial score (nSPS) is 9.00. The van der Waals surface area contributed by atoms with Crippen molar-refractivity contribution in [1.82, 2.24) is 15.0 Å². The smallest absolute Gasteiger partial charge is 0.226 e. The zero-order valence-corrected chi connectivity index (χ0v) is 7.29. The molecule has 1 aromatic rings. The maximum absolute atomic E-state index is 7.68. The van der Waals surface area contributed by atoms with E-state index in [4.69, 9.17) is 27.4 Å². The maximum atomic E-state index is 7.68. The largest absolute Gasteiger partial charge is 0.371 e. The molecule has 1 heterocycles. The standard InChI is InChI=1S/C3H6N6.C2H6O3/c4-1-7-2(5)9-3(6)8-1;3-1-5-2-4/h(H6,4,5,6,7,8,9);3-4H,1-2H2. The summed E-state index contributed by atoms with van der Waals surface area (Å²) in [7, 11) is 0. The van der Waals surface area contributed by atoms with E-state index >= 15 is 0 Å². The fourth-order valence-corrected chi connectivity index (χ4v) is 0.468. The molecule has 0 aromatic carbocycles. The molecule has 1 rings (SSSR count). The first-order chi connectivity index (χ1) is 6.60. The monoisotopic (exact) mass is 204 g/mol. The highest BCUT2D eigenvalue weighted by Gasteiger charge is 1.93. The number of nitrogens with two attached hydrogens (primary N) is 3. The minimum atomic E-state index is -0.406. The van der Waals surface area contributed by atoms with Crippen molar-refractivity contribution in [2.24, 2.45) is 0 Å². The Morgan fingerprint density at radius 1 is 0.857 bits per heavy atom. The van der Waals surface area contributed by atoms with Gasteiger partial charge in [0.15, 0.2) is 0 Å². The van der Waals surface area contributed by atoms with Crippen molar-refractivity contribution >= 4 is 17.8 Å². The van der Waals surface area contributed by atoms with Gasteiger partial charge in [-0.15, -0.1) is 0 Å². The van der Waals surface area contributed by atoms with Gasteiger partial charge in [0.05, 0.1) is 0 Å². The summed E-state index contributed by atoms with van der Waals surface area (Å²) in [5, 5.41) is 15.4. The first-order valence-electron chi connectivity index (χ1n) is 3.42. The predicted octanol–water partition coefficient (Wildman–Crippen LogP) is -2.48. The Balaban J connectivity index is 0.000000292. The lowest BCUT2D eigenvalue weighted by molar-refractivity contribution is -0.0763. The SMILES string of the molecule is Nc1nc(N)nc(N)n1.OCOCO. The van der Waals surface area contributed by atoms with E-state index in [2.05, 4.69) is 19.7 Å². The van der Waals surface area contributed by atoms with Crippen LogP contribution >= 0.6 is 0 Å². The lowest BCUT2D eigenvalue weighted by Gasteiger charge is -1.93. The maximum Gasteiger partial charge on any atom is 0.226 e. The molecule has 0 bridgehead atoms. The van der Waals surface area contributed by atoms with Gasteiger partial charge in [-0.3, -0.25) is 0 Å². The molecule has 0 fully saturated rings. The summed E-state index contributed by atoms with van der Waals surface area (Å²) in [6.45, 7) is -0.812. The van der Waals surface area contributed by atoms with Crippen LogP contribution in [0, 0.1) is 0 Å². The summed E-state index contributed by atoms with van der Waals surface area (Å²) in [6, 6.07) is 0. The topological polar surface area (TPSA) is 166 Å². The summed E-state index contributed by atoms with van der Waals surface area (Å²) in [5.74, 6) is 0.125. The van der Waals surface area contributed by atoms with E-state index in [1.807, 2.05) is 0 Å². The highest BCUT2D eigenvalue weighted by molar-refractivity contribution is 5.33. The van der Waals surface area contributed by atoms with Crippen molar-refractivity contribution in [3.05, 3.63) is 0 Å². The lowest BCUT2D eigenvalue weighted by atomic mass is 10.9. The second kappa shape index (κ2) is 6.77. The summed E-state index contributed by atoms with van der Waals surface area (Å²) in [6.07, 6.45) is 0. The number of ether oxygens (including phenoxy) is 1. The number of anilines is 3. The molecule has 0 aliphatic rings. The quantitative estimate of drug-likeness (QED) is 0.327. The molecule has 14 heavy (non-hydrogen) atoms. The third kappa shape index (κ3) is 5.88. The molecule has 9 heteroatoms. The van der Waals surface area contributed by atoms with E-state index in [1.54, 1.807) is 0 Å². The number of rotatable bonds is 2. The Kier molecular flexibility index (Phi) is 5.94. The first kappa shape index (κ1) is 12.3. The van der Waals surface area contributed by atoms with Crippen LogP contribution in [0.3, 0.4) is 0 Å². The van der Waals surface area contributed by atoms with Gasteiger partial charge in [-0.25, -0.2) is 0 Å². The van der Waals surface area contributed by atoms with Gasteiger partial charge in [0.2, 0.25) is 17.8 Å². The van der Waals surface area contributed by atoms with Crippen LogP contribution in [0.2, 0.25) is 0 Å². The van der Waals surface area contributed by atoms with Gasteiger partial charge in [0, 0.05) is 0 Å². The highest BCUT2D eigenvalue weighted by Crippen LogP contribution is 1.97. The molecular weight excluding hydrogens is 192 g/mol. The molecule has 1 aromatic heterocycles. The molecule has 0 radical (unpaired) electrons. The Bertz CT molecular complexity index is 217. The number of nitrogen functional groups attached to an aromatic ring is 3. The number of hydrogen-bond acceptors (Lipinski definition) is 9. The van der Waals surface area contributed by atoms with Crippen molar-refractivity contribution in [2.75, 3.05) is 30.8 Å². The highest BCUT2D eigenvalue weighted by atomic mass is 16.6. The molecular formula is C5H12N6O3. The van der Waals surface area contributed by atoms with Gasteiger partial charge in [-0.1, -0.05) is 0 Å². The molecule has 80 valence electrons. The van der Waals surface area contributed by atoms with Crippen molar-refractivity contribution in [3.63, 3.8) is 0 Å². The van der Waals surface area contributed by atoms with E-state index in [0.29, 0.717) is 0 Å². The third-order valence-corrected chi connectivity index (χ3v) is 0.870. The molecule has 0 amide bonds. The van der Waals surface area contributed by atoms with E-state index in [9.17, 15) is 0 Å². The Morgan fingerprint density at radius 2 is 1.14 bits per heavy atom. The van der Waals surface area contributed by atoms with Gasteiger partial charge < -0.3 is 32.2 Å². The number of aromatic nitrogens is 3. The first-order valence-corrected chi connectivity index (χ1v) is 3.42. The average molecular weight is 204 g/mol. The fourth-order valence-electron chi connectivity index (χ4n) is 0.468. The second-order valence-corrected chi connectivity index (χ2v) is 1.87. The number of aliphatic hydroxyl groups excluding tert-OH is 2. The zero-order valence-electron chi connectivity index (χ0n) is 7.29. The summed E-state index contributed by atoms with van der Waals surface area (Å²) in [4.78, 5) is 10.5. The average Bonchev–Trinajstić information content (AvgIpc) is 2.03. The lowest BCUT2D eigenvalue weighted by Crippen LogP contribution is -2.05. The zero-order chi connectivity index (χ0) is 11.0. The van der Waals surface area contributed by atoms with Crippen LogP contribution in [0.25, 0.3) is 0 Å². The molecule has 0 aliphatic heterocycles. The van der Waals surface area contributed by atoms with Crippen LogP contribution in [-0.2, 0) is 4.74 Å². The molecule has 0 saturated carbocycles. The number of aliphatic hydroxyl groups is 2. The Labute approximate surface area is 79.5 Å². The molecule has 0 unspecified atom stereocenters. The minimum absolute atomic E-state index is 0.0417. The fraction of sp³-hybridized carbons (Fsp3) is 0.400. The van der Waals surface area contributed by atoms with Crippen LogP contribution in [0.4, 0.5) is 17.8 Å². The van der Waals surface area contributed by atoms with Crippen molar-refractivity contribution in [1.29, 1.82) is 0 Å². The van der Waals surface area contributed by atoms with Gasteiger partial charge in [0.1, 0.15) is 13.6 Å². The van der Waals surface area contributed by atoms with Crippen molar-refractivity contribution in [2.45, 2.75) is 0 Å². The molecule has 0 atom stereocenters. The van der Waals surface area contributed by atoms with E-state index < -0.39 is 13.6 Å². The predicted molar refractivity (Wildman–Crippen MR) is 48.3 cm³/mol. The van der Waals surface area contributed by atoms with Crippen LogP contribution < -0.4 is 17.2 Å². The number of nitrogens with zero attached hydrogens (tertiary/aromatic N) is 3. The minimum Gasteiger partial charge on any atom is -0.371 e. The van der Waals surface area contributed by atoms with E-state index in [0.717, 1.165) is 0 Å². The van der Waals surface area contributed by atoms with E-state index in [-0.39, 0.29) is 17.8 Å². The summed E-state index contributed by atoms with van der Waals surface area (Å²) in [5.41, 5.74) is 15.4. The van der Waals surface area contributed by atoms with Gasteiger partial charge >= 0.3 is 0 Å². The molecule has 0 saturated heterocycles. The number of hydrogen-bond donors (Lipinski definition) is 5. The third-order valence-electron chi connectivity index (χ3n) is 0.870. The summed E-state index contributed by atoms with van der Waals surface area (Å²) >= 11 is 0. The Morgan fingerprint density at radius 3 is 1.29 bits per heavy atom. The van der Waals surface area contributed by atoms with Crippen molar-refractivity contribution < 1.29 is 14.9 Å². The second-order valence-electron chi connectivity index (χ2n) is 1.87. The molecule has 8 N–H and O–H groups in total. The van der Waals surface area contributed by atoms with Crippen LogP contribution in [-0.4, -0.2) is 38.8 Å². The van der Waals surface area contributed by atoms with Crippen molar-refractivity contribution in [3.8, 4) is 0 Å². The van der Waals surface area contributed by atoms with Crippen LogP contribution in [0.1, 0.15) is 0 Å².